The molecule has 1 aromatic heterocycles. The van der Waals surface area contributed by atoms with Crippen LogP contribution in [0.1, 0.15) is 62.0 Å². The lowest BCUT2D eigenvalue weighted by Crippen LogP contribution is -2.44. The second kappa shape index (κ2) is 8.15. The lowest BCUT2D eigenvalue weighted by Gasteiger charge is -2.31. The van der Waals surface area contributed by atoms with E-state index >= 15 is 0 Å². The first-order chi connectivity index (χ1) is 11.3. The van der Waals surface area contributed by atoms with Crippen molar-refractivity contribution in [3.8, 4) is 0 Å². The van der Waals surface area contributed by atoms with Gasteiger partial charge in [-0.2, -0.15) is 11.8 Å². The standard InChI is InChI=1S/C16H27N5OS/c1-2-23-15-6-4-3-5-13(15)18-16(22)14-11-21(20-19-14)12-7-9-17-10-8-12/h11-13,15,17H,2-10H2,1H3,(H,18,22). The molecule has 2 aliphatic rings. The van der Waals surface area contributed by atoms with E-state index in [1.54, 1.807) is 0 Å². The molecule has 0 aromatic carbocycles. The molecule has 2 N–H and O–H groups in total. The molecular formula is C16H27N5OS. The molecular weight excluding hydrogens is 310 g/mol. The van der Waals surface area contributed by atoms with Gasteiger partial charge in [-0.05, 0) is 44.5 Å². The van der Waals surface area contributed by atoms with Gasteiger partial charge in [-0.15, -0.1) is 5.10 Å². The Morgan fingerprint density at radius 3 is 2.91 bits per heavy atom. The van der Waals surface area contributed by atoms with Gasteiger partial charge in [0.1, 0.15) is 0 Å². The number of carbonyl (C=O) groups is 1. The van der Waals surface area contributed by atoms with Crippen molar-refractivity contribution in [3.05, 3.63) is 11.9 Å². The quantitative estimate of drug-likeness (QED) is 0.860. The van der Waals surface area contributed by atoms with E-state index in [2.05, 4.69) is 27.9 Å². The van der Waals surface area contributed by atoms with Gasteiger partial charge in [-0.25, -0.2) is 4.68 Å². The van der Waals surface area contributed by atoms with Crippen LogP contribution in [0.5, 0.6) is 0 Å². The molecule has 1 amide bonds. The van der Waals surface area contributed by atoms with Crippen LogP contribution in [-0.4, -0.2) is 51.0 Å². The van der Waals surface area contributed by atoms with Crippen LogP contribution in [0.4, 0.5) is 0 Å². The molecule has 2 atom stereocenters. The van der Waals surface area contributed by atoms with Crippen molar-refractivity contribution >= 4 is 17.7 Å². The van der Waals surface area contributed by atoms with Crippen LogP contribution in [-0.2, 0) is 0 Å². The molecule has 7 heteroatoms. The molecule has 6 nitrogen and oxygen atoms in total. The first-order valence-electron chi connectivity index (χ1n) is 8.83. The zero-order valence-electron chi connectivity index (χ0n) is 13.8. The highest BCUT2D eigenvalue weighted by Gasteiger charge is 2.27. The topological polar surface area (TPSA) is 71.8 Å². The number of rotatable bonds is 5. The Kier molecular flexibility index (Phi) is 5.94. The van der Waals surface area contributed by atoms with Crippen LogP contribution < -0.4 is 10.6 Å². The Balaban J connectivity index is 1.60. The monoisotopic (exact) mass is 337 g/mol. The van der Waals surface area contributed by atoms with Crippen molar-refractivity contribution in [2.45, 2.75) is 62.8 Å². The van der Waals surface area contributed by atoms with E-state index in [4.69, 9.17) is 0 Å². The summed E-state index contributed by atoms with van der Waals surface area (Å²) in [6.45, 7) is 4.19. The third kappa shape index (κ3) is 4.26. The van der Waals surface area contributed by atoms with E-state index < -0.39 is 0 Å². The Bertz CT molecular complexity index is 512. The second-order valence-electron chi connectivity index (χ2n) is 6.42. The van der Waals surface area contributed by atoms with Crippen LogP contribution in [0.25, 0.3) is 0 Å². The number of piperidine rings is 1. The minimum absolute atomic E-state index is 0.0706. The van der Waals surface area contributed by atoms with E-state index in [9.17, 15) is 4.79 Å². The van der Waals surface area contributed by atoms with Gasteiger partial charge in [0, 0.05) is 11.3 Å². The van der Waals surface area contributed by atoms with Crippen LogP contribution >= 0.6 is 11.8 Å². The number of nitrogens with zero attached hydrogens (tertiary/aromatic N) is 3. The predicted molar refractivity (Wildman–Crippen MR) is 92.8 cm³/mol. The smallest absolute Gasteiger partial charge is 0.273 e. The SMILES string of the molecule is CCSC1CCCCC1NC(=O)c1cn(C2CCNCC2)nn1. The summed E-state index contributed by atoms with van der Waals surface area (Å²) >= 11 is 1.96. The molecule has 2 fully saturated rings. The van der Waals surface area contributed by atoms with Gasteiger partial charge in [0.05, 0.1) is 12.2 Å². The Morgan fingerprint density at radius 2 is 2.13 bits per heavy atom. The fourth-order valence-corrected chi connectivity index (χ4v) is 4.75. The highest BCUT2D eigenvalue weighted by Crippen LogP contribution is 2.28. The number of nitrogens with one attached hydrogen (secondary N) is 2. The summed E-state index contributed by atoms with van der Waals surface area (Å²) in [5.74, 6) is 1.03. The normalized spacial score (nSPS) is 26.1. The van der Waals surface area contributed by atoms with Gasteiger partial charge in [-0.3, -0.25) is 4.79 Å². The largest absolute Gasteiger partial charge is 0.347 e. The number of hydrogen-bond donors (Lipinski definition) is 2. The molecule has 128 valence electrons. The predicted octanol–water partition coefficient (Wildman–Crippen LogP) is 2.00. The summed E-state index contributed by atoms with van der Waals surface area (Å²) in [5.41, 5.74) is 0.453. The number of hydrogen-bond acceptors (Lipinski definition) is 5. The molecule has 2 heterocycles. The maximum absolute atomic E-state index is 12.5. The molecule has 0 bridgehead atoms. The molecule has 3 rings (SSSR count). The van der Waals surface area contributed by atoms with E-state index in [1.807, 2.05) is 22.6 Å². The molecule has 23 heavy (non-hydrogen) atoms. The highest BCUT2D eigenvalue weighted by atomic mass is 32.2. The zero-order chi connectivity index (χ0) is 16.1. The third-order valence-corrected chi connectivity index (χ3v) is 6.15. The minimum atomic E-state index is -0.0706. The van der Waals surface area contributed by atoms with Crippen molar-refractivity contribution in [2.75, 3.05) is 18.8 Å². The summed E-state index contributed by atoms with van der Waals surface area (Å²) in [6, 6.07) is 0.633. The summed E-state index contributed by atoms with van der Waals surface area (Å²) < 4.78 is 1.87. The van der Waals surface area contributed by atoms with E-state index in [-0.39, 0.29) is 11.9 Å². The minimum Gasteiger partial charge on any atom is -0.347 e. The molecule has 1 saturated carbocycles. The van der Waals surface area contributed by atoms with Crippen molar-refractivity contribution in [2.24, 2.45) is 0 Å². The maximum Gasteiger partial charge on any atom is 0.273 e. The Morgan fingerprint density at radius 1 is 1.35 bits per heavy atom. The molecule has 2 unspecified atom stereocenters. The zero-order valence-corrected chi connectivity index (χ0v) is 14.6. The van der Waals surface area contributed by atoms with E-state index in [0.717, 1.165) is 38.1 Å². The first-order valence-corrected chi connectivity index (χ1v) is 9.88. The summed E-state index contributed by atoms with van der Waals surface area (Å²) in [5, 5.41) is 15.4. The fourth-order valence-electron chi connectivity index (χ4n) is 3.55. The van der Waals surface area contributed by atoms with Crippen LogP contribution in [0.15, 0.2) is 6.20 Å². The summed E-state index contributed by atoms with van der Waals surface area (Å²) in [4.78, 5) is 12.5. The molecule has 1 saturated heterocycles. The molecule has 1 aromatic rings. The lowest BCUT2D eigenvalue weighted by atomic mass is 9.95. The van der Waals surface area contributed by atoms with E-state index in [1.165, 1.54) is 19.3 Å². The molecule has 0 spiro atoms. The van der Waals surface area contributed by atoms with Gasteiger partial charge >= 0.3 is 0 Å². The number of thioether (sulfide) groups is 1. The first kappa shape index (κ1) is 16.8. The fraction of sp³-hybridized carbons (Fsp3) is 0.812. The average molecular weight is 337 g/mol. The van der Waals surface area contributed by atoms with Crippen LogP contribution in [0.3, 0.4) is 0 Å². The van der Waals surface area contributed by atoms with E-state index in [0.29, 0.717) is 17.0 Å². The Labute approximate surface area is 142 Å². The van der Waals surface area contributed by atoms with Crippen molar-refractivity contribution < 1.29 is 4.79 Å². The molecule has 1 aliphatic heterocycles. The highest BCUT2D eigenvalue weighted by molar-refractivity contribution is 7.99. The summed E-state index contributed by atoms with van der Waals surface area (Å²) in [7, 11) is 0. The maximum atomic E-state index is 12.5. The number of amides is 1. The summed E-state index contributed by atoms with van der Waals surface area (Å²) in [6.07, 6.45) is 8.65. The Hall–Kier alpha value is -1.08. The van der Waals surface area contributed by atoms with Gasteiger partial charge in [0.25, 0.3) is 5.91 Å². The third-order valence-electron chi connectivity index (χ3n) is 4.83. The molecule has 1 aliphatic carbocycles. The van der Waals surface area contributed by atoms with Crippen molar-refractivity contribution in [1.29, 1.82) is 0 Å². The van der Waals surface area contributed by atoms with Crippen LogP contribution in [0, 0.1) is 0 Å². The van der Waals surface area contributed by atoms with Gasteiger partial charge in [0.15, 0.2) is 5.69 Å². The van der Waals surface area contributed by atoms with Gasteiger partial charge in [0.2, 0.25) is 0 Å². The van der Waals surface area contributed by atoms with Gasteiger partial charge < -0.3 is 10.6 Å². The van der Waals surface area contributed by atoms with Gasteiger partial charge in [-0.1, -0.05) is 25.0 Å². The second-order valence-corrected chi connectivity index (χ2v) is 7.94. The number of carbonyl (C=O) groups excluding carboxylic acids is 1. The van der Waals surface area contributed by atoms with Crippen molar-refractivity contribution in [1.82, 2.24) is 25.6 Å². The average Bonchev–Trinajstić information content (AvgIpc) is 3.08. The number of aromatic nitrogens is 3. The van der Waals surface area contributed by atoms with Crippen molar-refractivity contribution in [3.63, 3.8) is 0 Å². The van der Waals surface area contributed by atoms with Crippen LogP contribution in [0.2, 0.25) is 0 Å². The molecule has 0 radical (unpaired) electrons. The lowest BCUT2D eigenvalue weighted by molar-refractivity contribution is 0.0924.